The van der Waals surface area contributed by atoms with Crippen LogP contribution in [-0.2, 0) is 14.6 Å². The van der Waals surface area contributed by atoms with Crippen LogP contribution in [0, 0.1) is 6.92 Å². The molecule has 0 bridgehead atoms. The van der Waals surface area contributed by atoms with Gasteiger partial charge in [-0.3, -0.25) is 0 Å². The van der Waals surface area contributed by atoms with Crippen LogP contribution in [0.15, 0.2) is 24.3 Å². The normalized spacial score (nSPS) is 13.6. The van der Waals surface area contributed by atoms with Crippen molar-refractivity contribution < 1.29 is 13.2 Å². The first kappa shape index (κ1) is 14.2. The van der Waals surface area contributed by atoms with Crippen molar-refractivity contribution in [1.82, 2.24) is 0 Å². The minimum atomic E-state index is -3.15. The van der Waals surface area contributed by atoms with Crippen LogP contribution in [0.3, 0.4) is 0 Å². The molecule has 5 heteroatoms. The van der Waals surface area contributed by atoms with E-state index in [1.54, 1.807) is 0 Å². The summed E-state index contributed by atoms with van der Waals surface area (Å²) in [5.41, 5.74) is 7.85. The number of hydrogen-bond acceptors (Lipinski definition) is 4. The Kier molecular flexibility index (Phi) is 5.11. The van der Waals surface area contributed by atoms with Crippen molar-refractivity contribution in [3.05, 3.63) is 35.4 Å². The van der Waals surface area contributed by atoms with Gasteiger partial charge in [0.15, 0.2) is 9.84 Å². The molecule has 0 radical (unpaired) electrons. The van der Waals surface area contributed by atoms with Gasteiger partial charge in [0.1, 0.15) is 0 Å². The fraction of sp³-hybridized carbons (Fsp3) is 0.500. The molecule has 96 valence electrons. The Bertz CT molecular complexity index is 439. The Balaban J connectivity index is 2.65. The first-order chi connectivity index (χ1) is 7.94. The number of benzene rings is 1. The van der Waals surface area contributed by atoms with E-state index >= 15 is 0 Å². The lowest BCUT2D eigenvalue weighted by Crippen LogP contribution is -2.25. The quantitative estimate of drug-likeness (QED) is 0.827. The van der Waals surface area contributed by atoms with E-state index in [1.807, 2.05) is 31.2 Å². The van der Waals surface area contributed by atoms with Crippen molar-refractivity contribution in [3.63, 3.8) is 0 Å². The van der Waals surface area contributed by atoms with Gasteiger partial charge in [-0.15, -0.1) is 0 Å². The minimum Gasteiger partial charge on any atom is -0.384 e. The number of nitrogens with two attached hydrogens (primary N) is 1. The topological polar surface area (TPSA) is 69.4 Å². The molecule has 1 rings (SSSR count). The van der Waals surface area contributed by atoms with Crippen molar-refractivity contribution in [2.45, 2.75) is 13.0 Å². The third-order valence-corrected chi connectivity index (χ3v) is 4.19. The van der Waals surface area contributed by atoms with Crippen LogP contribution in [0.1, 0.15) is 17.2 Å². The second kappa shape index (κ2) is 6.14. The van der Waals surface area contributed by atoms with Crippen LogP contribution >= 0.6 is 0 Å². The Morgan fingerprint density at radius 3 is 2.41 bits per heavy atom. The Hall–Kier alpha value is -0.910. The molecule has 0 aliphatic heterocycles. The Labute approximate surface area is 103 Å². The highest BCUT2D eigenvalue weighted by molar-refractivity contribution is 7.91. The maximum atomic E-state index is 11.7. The SMILES string of the molecule is COCCS(=O)(=O)CC(N)c1ccc(C)cc1. The lowest BCUT2D eigenvalue weighted by atomic mass is 10.1. The van der Waals surface area contributed by atoms with Gasteiger partial charge in [-0.05, 0) is 12.5 Å². The van der Waals surface area contributed by atoms with Crippen LogP contribution in [0.2, 0.25) is 0 Å². The molecule has 0 fully saturated rings. The lowest BCUT2D eigenvalue weighted by Gasteiger charge is -2.12. The third kappa shape index (κ3) is 4.85. The van der Waals surface area contributed by atoms with E-state index < -0.39 is 15.9 Å². The summed E-state index contributed by atoms with van der Waals surface area (Å²) in [5.74, 6) is -0.0253. The van der Waals surface area contributed by atoms with Gasteiger partial charge in [0.25, 0.3) is 0 Å². The number of aryl methyl sites for hydroxylation is 1. The molecule has 0 aromatic heterocycles. The van der Waals surface area contributed by atoms with Gasteiger partial charge in [-0.25, -0.2) is 8.42 Å². The van der Waals surface area contributed by atoms with E-state index in [1.165, 1.54) is 7.11 Å². The van der Waals surface area contributed by atoms with Gasteiger partial charge in [-0.2, -0.15) is 0 Å². The minimum absolute atomic E-state index is 0.0169. The summed E-state index contributed by atoms with van der Waals surface area (Å²) in [6.07, 6.45) is 0. The second-order valence-corrected chi connectivity index (χ2v) is 6.35. The molecular weight excluding hydrogens is 238 g/mol. The third-order valence-electron chi connectivity index (χ3n) is 2.54. The number of sulfone groups is 1. The van der Waals surface area contributed by atoms with Crippen molar-refractivity contribution in [2.75, 3.05) is 25.2 Å². The Morgan fingerprint density at radius 1 is 1.29 bits per heavy atom. The van der Waals surface area contributed by atoms with Crippen LogP contribution in [0.25, 0.3) is 0 Å². The van der Waals surface area contributed by atoms with Gasteiger partial charge in [0, 0.05) is 13.2 Å². The van der Waals surface area contributed by atoms with Gasteiger partial charge in [-0.1, -0.05) is 29.8 Å². The molecule has 1 unspecified atom stereocenters. The molecule has 1 aromatic carbocycles. The average molecular weight is 257 g/mol. The predicted molar refractivity (Wildman–Crippen MR) is 68.6 cm³/mol. The van der Waals surface area contributed by atoms with E-state index in [2.05, 4.69) is 0 Å². The van der Waals surface area contributed by atoms with E-state index in [-0.39, 0.29) is 18.1 Å². The molecule has 2 N–H and O–H groups in total. The second-order valence-electron chi connectivity index (χ2n) is 4.12. The standard InChI is InChI=1S/C12H19NO3S/c1-10-3-5-11(6-4-10)12(13)9-17(14,15)8-7-16-2/h3-6,12H,7-9,13H2,1-2H3. The number of rotatable bonds is 6. The molecule has 0 saturated heterocycles. The van der Waals surface area contributed by atoms with Crippen LogP contribution in [0.5, 0.6) is 0 Å². The fourth-order valence-electron chi connectivity index (χ4n) is 1.48. The van der Waals surface area contributed by atoms with E-state index in [0.717, 1.165) is 11.1 Å². The highest BCUT2D eigenvalue weighted by Crippen LogP contribution is 2.13. The van der Waals surface area contributed by atoms with Gasteiger partial charge >= 0.3 is 0 Å². The maximum Gasteiger partial charge on any atom is 0.154 e. The molecule has 1 atom stereocenters. The average Bonchev–Trinajstić information content (AvgIpc) is 2.26. The fourth-order valence-corrected chi connectivity index (χ4v) is 2.80. The van der Waals surface area contributed by atoms with E-state index in [9.17, 15) is 8.42 Å². The first-order valence-electron chi connectivity index (χ1n) is 5.46. The van der Waals surface area contributed by atoms with Crippen molar-refractivity contribution in [3.8, 4) is 0 Å². The summed E-state index contributed by atoms with van der Waals surface area (Å²) in [4.78, 5) is 0. The van der Waals surface area contributed by atoms with Crippen LogP contribution in [0.4, 0.5) is 0 Å². The van der Waals surface area contributed by atoms with Gasteiger partial charge < -0.3 is 10.5 Å². The summed E-state index contributed by atoms with van der Waals surface area (Å²) in [5, 5.41) is 0. The highest BCUT2D eigenvalue weighted by atomic mass is 32.2. The van der Waals surface area contributed by atoms with Gasteiger partial charge in [0.2, 0.25) is 0 Å². The zero-order chi connectivity index (χ0) is 12.9. The van der Waals surface area contributed by atoms with Crippen LogP contribution in [-0.4, -0.2) is 33.6 Å². The van der Waals surface area contributed by atoms with E-state index in [4.69, 9.17) is 10.5 Å². The molecule has 4 nitrogen and oxygen atoms in total. The van der Waals surface area contributed by atoms with Crippen LogP contribution < -0.4 is 5.73 Å². The predicted octanol–water partition coefficient (Wildman–Crippen LogP) is 1.06. The maximum absolute atomic E-state index is 11.7. The molecule has 0 amide bonds. The van der Waals surface area contributed by atoms with Gasteiger partial charge in [0.05, 0.1) is 18.1 Å². The molecular formula is C12H19NO3S. The largest absolute Gasteiger partial charge is 0.384 e. The summed E-state index contributed by atoms with van der Waals surface area (Å²) < 4.78 is 28.1. The molecule has 0 heterocycles. The van der Waals surface area contributed by atoms with Crippen molar-refractivity contribution in [1.29, 1.82) is 0 Å². The molecule has 0 aliphatic rings. The van der Waals surface area contributed by atoms with E-state index in [0.29, 0.717) is 0 Å². The highest BCUT2D eigenvalue weighted by Gasteiger charge is 2.17. The number of hydrogen-bond donors (Lipinski definition) is 1. The summed E-state index contributed by atoms with van der Waals surface area (Å²) in [7, 11) is -1.67. The zero-order valence-corrected chi connectivity index (χ0v) is 11.0. The summed E-state index contributed by atoms with van der Waals surface area (Å²) in [6.45, 7) is 2.19. The monoisotopic (exact) mass is 257 g/mol. The smallest absolute Gasteiger partial charge is 0.154 e. The molecule has 1 aromatic rings. The lowest BCUT2D eigenvalue weighted by molar-refractivity contribution is 0.217. The van der Waals surface area contributed by atoms with Crippen molar-refractivity contribution >= 4 is 9.84 Å². The summed E-state index contributed by atoms with van der Waals surface area (Å²) >= 11 is 0. The number of methoxy groups -OCH3 is 1. The molecule has 0 aliphatic carbocycles. The first-order valence-corrected chi connectivity index (χ1v) is 7.28. The molecule has 0 saturated carbocycles. The van der Waals surface area contributed by atoms with Crippen molar-refractivity contribution in [2.24, 2.45) is 5.73 Å². The molecule has 0 spiro atoms. The Morgan fingerprint density at radius 2 is 1.88 bits per heavy atom. The molecule has 17 heavy (non-hydrogen) atoms. The zero-order valence-electron chi connectivity index (χ0n) is 10.2. The number of ether oxygens (including phenoxy) is 1. The summed E-state index contributed by atoms with van der Waals surface area (Å²) in [6, 6.07) is 7.11.